The molecule has 1 aliphatic heterocycles. The van der Waals surface area contributed by atoms with Crippen LogP contribution in [0.1, 0.15) is 28.8 Å². The van der Waals surface area contributed by atoms with E-state index in [1.807, 2.05) is 0 Å². The van der Waals surface area contributed by atoms with Crippen LogP contribution in [0.5, 0.6) is 0 Å². The molecule has 1 saturated heterocycles. The van der Waals surface area contributed by atoms with Gasteiger partial charge in [0.25, 0.3) is 0 Å². The molecule has 0 aromatic heterocycles. The van der Waals surface area contributed by atoms with Crippen LogP contribution in [0.25, 0.3) is 0 Å². The minimum atomic E-state index is -3.57. The van der Waals surface area contributed by atoms with Crippen molar-refractivity contribution in [2.24, 2.45) is 5.73 Å². The van der Waals surface area contributed by atoms with E-state index in [2.05, 4.69) is 4.74 Å². The van der Waals surface area contributed by atoms with Crippen LogP contribution in [-0.4, -0.2) is 44.9 Å². The van der Waals surface area contributed by atoms with Gasteiger partial charge in [-0.1, -0.05) is 0 Å². The van der Waals surface area contributed by atoms with Gasteiger partial charge in [-0.2, -0.15) is 4.31 Å². The molecule has 1 atom stereocenters. The lowest BCUT2D eigenvalue weighted by molar-refractivity contribution is 0.0600. The van der Waals surface area contributed by atoms with Crippen molar-refractivity contribution >= 4 is 28.4 Å². The largest absolute Gasteiger partial charge is 0.465 e. The lowest BCUT2D eigenvalue weighted by Gasteiger charge is -2.23. The van der Waals surface area contributed by atoms with Gasteiger partial charge < -0.3 is 10.5 Å². The Morgan fingerprint density at radius 2 is 2.14 bits per heavy atom. The van der Waals surface area contributed by atoms with Crippen LogP contribution in [0.2, 0.25) is 0 Å². The van der Waals surface area contributed by atoms with Crippen molar-refractivity contribution in [3.05, 3.63) is 29.3 Å². The molecule has 0 bridgehead atoms. The average molecular weight is 349 g/mol. The molecule has 1 unspecified atom stereocenters. The van der Waals surface area contributed by atoms with E-state index in [9.17, 15) is 13.2 Å². The normalized spacial score (nSPS) is 18.8. The van der Waals surface area contributed by atoms with Crippen LogP contribution < -0.4 is 5.73 Å². The number of carbonyl (C=O) groups is 1. The van der Waals surface area contributed by atoms with Crippen LogP contribution >= 0.6 is 12.4 Å². The molecule has 0 radical (unpaired) electrons. The number of sulfonamides is 1. The lowest BCUT2D eigenvalue weighted by atomic mass is 10.1. The van der Waals surface area contributed by atoms with Crippen molar-refractivity contribution < 1.29 is 17.9 Å². The number of aryl methyl sites for hydroxylation is 1. The van der Waals surface area contributed by atoms with Crippen molar-refractivity contribution in [1.29, 1.82) is 0 Å². The third-order valence-electron chi connectivity index (χ3n) is 3.80. The van der Waals surface area contributed by atoms with Gasteiger partial charge in [-0.25, -0.2) is 13.2 Å². The van der Waals surface area contributed by atoms with Crippen molar-refractivity contribution in [3.63, 3.8) is 0 Å². The number of benzene rings is 1. The fraction of sp³-hybridized carbons (Fsp3) is 0.500. The Labute approximate surface area is 137 Å². The first-order valence-corrected chi connectivity index (χ1v) is 8.26. The van der Waals surface area contributed by atoms with E-state index in [1.165, 1.54) is 29.6 Å². The van der Waals surface area contributed by atoms with Crippen LogP contribution in [0.3, 0.4) is 0 Å². The first kappa shape index (κ1) is 18.9. The predicted molar refractivity (Wildman–Crippen MR) is 85.7 cm³/mol. The Morgan fingerprint density at radius 1 is 1.45 bits per heavy atom. The van der Waals surface area contributed by atoms with E-state index in [1.54, 1.807) is 6.92 Å². The van der Waals surface area contributed by atoms with Gasteiger partial charge in [0.05, 0.1) is 17.6 Å². The number of hydrogen-bond donors (Lipinski definition) is 1. The molecule has 124 valence electrons. The number of rotatable bonds is 4. The van der Waals surface area contributed by atoms with E-state index in [0.717, 1.165) is 12.8 Å². The van der Waals surface area contributed by atoms with Gasteiger partial charge in [-0.15, -0.1) is 12.4 Å². The standard InChI is InChI=1S/C14H20N2O4S.ClH/c1-10-8-12(5-6-13(10)14(17)20-2)21(18,19)16-7-3-4-11(16)9-15;/h5-6,8,11H,3-4,7,9,15H2,1-2H3;1H. The Bertz CT molecular complexity index is 648. The number of hydrogen-bond acceptors (Lipinski definition) is 5. The number of ether oxygens (including phenoxy) is 1. The van der Waals surface area contributed by atoms with Gasteiger partial charge in [0.1, 0.15) is 0 Å². The van der Waals surface area contributed by atoms with Gasteiger partial charge in [0.15, 0.2) is 0 Å². The highest BCUT2D eigenvalue weighted by Crippen LogP contribution is 2.26. The summed E-state index contributed by atoms with van der Waals surface area (Å²) in [5, 5.41) is 0. The van der Waals surface area contributed by atoms with E-state index in [4.69, 9.17) is 5.73 Å². The number of nitrogens with two attached hydrogens (primary N) is 1. The first-order valence-electron chi connectivity index (χ1n) is 6.82. The molecular weight excluding hydrogens is 328 g/mol. The van der Waals surface area contributed by atoms with Crippen LogP contribution in [0.15, 0.2) is 23.1 Å². The summed E-state index contributed by atoms with van der Waals surface area (Å²) in [5.41, 5.74) is 6.59. The topological polar surface area (TPSA) is 89.7 Å². The Kier molecular flexibility index (Phi) is 6.37. The molecule has 0 spiro atoms. The monoisotopic (exact) mass is 348 g/mol. The molecular formula is C14H21ClN2O4S. The predicted octanol–water partition coefficient (Wildman–Crippen LogP) is 1.32. The Morgan fingerprint density at radius 3 is 2.68 bits per heavy atom. The van der Waals surface area contributed by atoms with Gasteiger partial charge in [-0.05, 0) is 43.5 Å². The Balaban J connectivity index is 0.00000242. The summed E-state index contributed by atoms with van der Waals surface area (Å²) in [6, 6.07) is 4.30. The molecule has 6 nitrogen and oxygen atoms in total. The van der Waals surface area contributed by atoms with E-state index >= 15 is 0 Å². The average Bonchev–Trinajstić information content (AvgIpc) is 2.95. The van der Waals surface area contributed by atoms with E-state index in [-0.39, 0.29) is 23.3 Å². The number of esters is 1. The van der Waals surface area contributed by atoms with Crippen LogP contribution in [0.4, 0.5) is 0 Å². The maximum atomic E-state index is 12.7. The fourth-order valence-corrected chi connectivity index (χ4v) is 4.42. The van der Waals surface area contributed by atoms with Crippen molar-refractivity contribution in [3.8, 4) is 0 Å². The van der Waals surface area contributed by atoms with E-state index < -0.39 is 16.0 Å². The molecule has 0 amide bonds. The summed E-state index contributed by atoms with van der Waals surface area (Å²) in [4.78, 5) is 11.7. The second-order valence-corrected chi connectivity index (χ2v) is 7.01. The highest BCUT2D eigenvalue weighted by atomic mass is 35.5. The number of halogens is 1. The third kappa shape index (κ3) is 3.43. The molecule has 0 aliphatic carbocycles. The van der Waals surface area contributed by atoms with Gasteiger partial charge in [0.2, 0.25) is 10.0 Å². The third-order valence-corrected chi connectivity index (χ3v) is 5.75. The second kappa shape index (κ2) is 7.41. The van der Waals surface area contributed by atoms with Crippen LogP contribution in [-0.2, 0) is 14.8 Å². The molecule has 1 aromatic rings. The zero-order valence-electron chi connectivity index (χ0n) is 12.6. The highest BCUT2D eigenvalue weighted by molar-refractivity contribution is 7.89. The fourth-order valence-electron chi connectivity index (χ4n) is 2.63. The summed E-state index contributed by atoms with van der Waals surface area (Å²) in [5.74, 6) is -0.475. The molecule has 1 aromatic carbocycles. The lowest BCUT2D eigenvalue weighted by Crippen LogP contribution is -2.39. The van der Waals surface area contributed by atoms with Gasteiger partial charge >= 0.3 is 5.97 Å². The van der Waals surface area contributed by atoms with Gasteiger partial charge in [-0.3, -0.25) is 0 Å². The summed E-state index contributed by atoms with van der Waals surface area (Å²) in [6.07, 6.45) is 1.61. The number of carbonyl (C=O) groups excluding carboxylic acids is 1. The Hall–Kier alpha value is -1.15. The van der Waals surface area contributed by atoms with Gasteiger partial charge in [0, 0.05) is 19.1 Å². The minimum absolute atomic E-state index is 0. The molecule has 8 heteroatoms. The zero-order valence-corrected chi connectivity index (χ0v) is 14.2. The number of nitrogens with zero attached hydrogens (tertiary/aromatic N) is 1. The van der Waals surface area contributed by atoms with Crippen LogP contribution in [0, 0.1) is 6.92 Å². The molecule has 2 N–H and O–H groups in total. The smallest absolute Gasteiger partial charge is 0.338 e. The van der Waals surface area contributed by atoms with Crippen molar-refractivity contribution in [2.75, 3.05) is 20.2 Å². The second-order valence-electron chi connectivity index (χ2n) is 5.12. The zero-order chi connectivity index (χ0) is 15.6. The molecule has 1 fully saturated rings. The van der Waals surface area contributed by atoms with E-state index in [0.29, 0.717) is 24.2 Å². The molecule has 2 rings (SSSR count). The minimum Gasteiger partial charge on any atom is -0.465 e. The summed E-state index contributed by atoms with van der Waals surface area (Å²) < 4.78 is 31.4. The number of methoxy groups -OCH3 is 1. The molecule has 0 saturated carbocycles. The highest BCUT2D eigenvalue weighted by Gasteiger charge is 2.34. The maximum Gasteiger partial charge on any atom is 0.338 e. The molecule has 22 heavy (non-hydrogen) atoms. The maximum absolute atomic E-state index is 12.7. The summed E-state index contributed by atoms with van der Waals surface area (Å²) in [6.45, 7) is 2.50. The quantitative estimate of drug-likeness (QED) is 0.829. The molecule has 1 heterocycles. The SMILES string of the molecule is COC(=O)c1ccc(S(=O)(=O)N2CCCC2CN)cc1C.Cl. The summed E-state index contributed by atoms with van der Waals surface area (Å²) >= 11 is 0. The summed E-state index contributed by atoms with van der Waals surface area (Å²) in [7, 11) is -2.28. The van der Waals surface area contributed by atoms with Crippen molar-refractivity contribution in [1.82, 2.24) is 4.31 Å². The molecule has 1 aliphatic rings. The first-order chi connectivity index (χ1) is 9.91. The van der Waals surface area contributed by atoms with Crippen molar-refractivity contribution in [2.45, 2.75) is 30.7 Å².